The van der Waals surface area contributed by atoms with Crippen molar-refractivity contribution in [3.8, 4) is 0 Å². The minimum absolute atomic E-state index is 0.210. The minimum Gasteiger partial charge on any atom is -0.398 e. The summed E-state index contributed by atoms with van der Waals surface area (Å²) in [6.45, 7) is 7.45. The van der Waals surface area contributed by atoms with E-state index in [2.05, 4.69) is 11.8 Å². The molecule has 3 rings (SSSR count). The molecule has 2 saturated heterocycles. The first kappa shape index (κ1) is 19.0. The third kappa shape index (κ3) is 3.97. The van der Waals surface area contributed by atoms with Crippen molar-refractivity contribution in [1.29, 1.82) is 0 Å². The number of nitrogens with zero attached hydrogens (tertiary/aromatic N) is 2. The first-order valence-corrected chi connectivity index (χ1v) is 10.9. The molecule has 0 aromatic heterocycles. The second kappa shape index (κ2) is 7.43. The van der Waals surface area contributed by atoms with Gasteiger partial charge in [0.05, 0.1) is 5.69 Å². The molecule has 2 aliphatic heterocycles. The van der Waals surface area contributed by atoms with Crippen molar-refractivity contribution in [2.75, 3.05) is 31.9 Å². The molecule has 0 aliphatic carbocycles. The van der Waals surface area contributed by atoms with Crippen LogP contribution in [0.2, 0.25) is 5.02 Å². The van der Waals surface area contributed by atoms with Crippen molar-refractivity contribution in [2.24, 2.45) is 5.92 Å². The van der Waals surface area contributed by atoms with Crippen LogP contribution in [0.3, 0.4) is 0 Å². The number of piperidine rings is 2. The van der Waals surface area contributed by atoms with E-state index in [1.165, 1.54) is 18.9 Å². The zero-order valence-electron chi connectivity index (χ0n) is 15.0. The maximum Gasteiger partial charge on any atom is 0.245 e. The van der Waals surface area contributed by atoms with E-state index in [1.807, 2.05) is 0 Å². The minimum atomic E-state index is -3.57. The molecule has 2 fully saturated rings. The molecular formula is C18H28ClN3O2S. The first-order valence-electron chi connectivity index (χ1n) is 9.09. The highest BCUT2D eigenvalue weighted by Gasteiger charge is 2.34. The Kier molecular flexibility index (Phi) is 5.63. The molecule has 0 bridgehead atoms. The van der Waals surface area contributed by atoms with E-state index in [4.69, 9.17) is 17.3 Å². The number of rotatable bonds is 3. The van der Waals surface area contributed by atoms with Crippen LogP contribution in [0.1, 0.15) is 38.2 Å². The average Bonchev–Trinajstić information content (AvgIpc) is 2.54. The lowest BCUT2D eigenvalue weighted by Crippen LogP contribution is -2.48. The second-order valence-electron chi connectivity index (χ2n) is 7.49. The number of likely N-dealkylation sites (tertiary alicyclic amines) is 1. The highest BCUT2D eigenvalue weighted by molar-refractivity contribution is 7.89. The van der Waals surface area contributed by atoms with Crippen molar-refractivity contribution < 1.29 is 8.42 Å². The van der Waals surface area contributed by atoms with Gasteiger partial charge in [0.1, 0.15) is 4.90 Å². The van der Waals surface area contributed by atoms with Crippen molar-refractivity contribution >= 4 is 27.3 Å². The smallest absolute Gasteiger partial charge is 0.245 e. The molecule has 7 heteroatoms. The highest BCUT2D eigenvalue weighted by atomic mass is 35.5. The van der Waals surface area contributed by atoms with E-state index in [0.29, 0.717) is 29.7 Å². The summed E-state index contributed by atoms with van der Waals surface area (Å²) < 4.78 is 27.7. The molecule has 0 amide bonds. The van der Waals surface area contributed by atoms with Crippen LogP contribution >= 0.6 is 11.6 Å². The fourth-order valence-electron chi connectivity index (χ4n) is 4.08. The van der Waals surface area contributed by atoms with E-state index in [0.717, 1.165) is 31.8 Å². The maximum atomic E-state index is 13.1. The Hall–Kier alpha value is -0.820. The number of benzene rings is 1. The molecule has 0 atom stereocenters. The molecule has 140 valence electrons. The predicted octanol–water partition coefficient (Wildman–Crippen LogP) is 3.12. The summed E-state index contributed by atoms with van der Waals surface area (Å²) in [5, 5.41) is 0.465. The summed E-state index contributed by atoms with van der Waals surface area (Å²) in [4.78, 5) is 2.76. The van der Waals surface area contributed by atoms with E-state index >= 15 is 0 Å². The van der Waals surface area contributed by atoms with E-state index in [1.54, 1.807) is 17.3 Å². The Morgan fingerprint density at radius 2 is 1.68 bits per heavy atom. The third-order valence-corrected chi connectivity index (χ3v) is 7.96. The maximum absolute atomic E-state index is 13.1. The lowest BCUT2D eigenvalue weighted by atomic mass is 9.95. The summed E-state index contributed by atoms with van der Waals surface area (Å²) in [6, 6.07) is 3.68. The molecule has 5 nitrogen and oxygen atoms in total. The van der Waals surface area contributed by atoms with Gasteiger partial charge in [0, 0.05) is 24.2 Å². The lowest BCUT2D eigenvalue weighted by molar-refractivity contribution is 0.101. The molecular weight excluding hydrogens is 358 g/mol. The van der Waals surface area contributed by atoms with Crippen LogP contribution in [0.15, 0.2) is 17.0 Å². The number of hydrogen-bond donors (Lipinski definition) is 1. The van der Waals surface area contributed by atoms with Gasteiger partial charge in [0.15, 0.2) is 0 Å². The Balaban J connectivity index is 1.70. The van der Waals surface area contributed by atoms with Crippen molar-refractivity contribution in [2.45, 2.75) is 50.5 Å². The van der Waals surface area contributed by atoms with Gasteiger partial charge in [-0.2, -0.15) is 4.31 Å². The van der Waals surface area contributed by atoms with Crippen LogP contribution in [-0.4, -0.2) is 49.8 Å². The van der Waals surface area contributed by atoms with Gasteiger partial charge in [-0.25, -0.2) is 8.42 Å². The number of nitrogen functional groups attached to an aromatic ring is 1. The van der Waals surface area contributed by atoms with Crippen molar-refractivity contribution in [3.63, 3.8) is 0 Å². The number of aryl methyl sites for hydroxylation is 1. The molecule has 0 saturated carbocycles. The fourth-order valence-corrected chi connectivity index (χ4v) is 6.13. The Labute approximate surface area is 156 Å². The SMILES string of the molecule is Cc1cc(Cl)cc(N)c1S(=O)(=O)N1CCC(N2CCC(C)CC2)CC1. The van der Waals surface area contributed by atoms with E-state index in [-0.39, 0.29) is 10.6 Å². The van der Waals surface area contributed by atoms with Gasteiger partial charge < -0.3 is 10.6 Å². The summed E-state index contributed by atoms with van der Waals surface area (Å²) in [7, 11) is -3.57. The quantitative estimate of drug-likeness (QED) is 0.812. The first-order chi connectivity index (χ1) is 11.8. The molecule has 0 radical (unpaired) electrons. The predicted molar refractivity (Wildman–Crippen MR) is 102 cm³/mol. The molecule has 1 aromatic rings. The monoisotopic (exact) mass is 385 g/mol. The molecule has 2 heterocycles. The Bertz CT molecular complexity index is 699. The third-order valence-electron chi connectivity index (χ3n) is 5.62. The van der Waals surface area contributed by atoms with Crippen LogP contribution < -0.4 is 5.73 Å². The van der Waals surface area contributed by atoms with Gasteiger partial charge >= 0.3 is 0 Å². The highest BCUT2D eigenvalue weighted by Crippen LogP contribution is 2.32. The number of halogens is 1. The van der Waals surface area contributed by atoms with Crippen LogP contribution in [0, 0.1) is 12.8 Å². The van der Waals surface area contributed by atoms with Gasteiger partial charge in [-0.3, -0.25) is 0 Å². The van der Waals surface area contributed by atoms with E-state index in [9.17, 15) is 8.42 Å². The lowest BCUT2D eigenvalue weighted by Gasteiger charge is -2.41. The van der Waals surface area contributed by atoms with Gasteiger partial charge in [-0.05, 0) is 69.3 Å². The topological polar surface area (TPSA) is 66.6 Å². The second-order valence-corrected chi connectivity index (χ2v) is 9.81. The average molecular weight is 386 g/mol. The fraction of sp³-hybridized carbons (Fsp3) is 0.667. The van der Waals surface area contributed by atoms with Gasteiger partial charge in [0.25, 0.3) is 0 Å². The summed E-state index contributed by atoms with van der Waals surface area (Å²) in [5.41, 5.74) is 6.82. The van der Waals surface area contributed by atoms with Crippen LogP contribution in [0.25, 0.3) is 0 Å². The standard InChI is InChI=1S/C18H28ClN3O2S/c1-13-3-7-21(8-4-13)16-5-9-22(10-6-16)25(23,24)18-14(2)11-15(19)12-17(18)20/h11-13,16H,3-10,20H2,1-2H3. The van der Waals surface area contributed by atoms with Crippen molar-refractivity contribution in [1.82, 2.24) is 9.21 Å². The summed E-state index contributed by atoms with van der Waals surface area (Å²) >= 11 is 5.98. The summed E-state index contributed by atoms with van der Waals surface area (Å²) in [6.07, 6.45) is 4.28. The molecule has 25 heavy (non-hydrogen) atoms. The van der Waals surface area contributed by atoms with Crippen LogP contribution in [0.5, 0.6) is 0 Å². The zero-order chi connectivity index (χ0) is 18.2. The van der Waals surface area contributed by atoms with Crippen LogP contribution in [0.4, 0.5) is 5.69 Å². The number of anilines is 1. The van der Waals surface area contributed by atoms with Gasteiger partial charge in [-0.1, -0.05) is 18.5 Å². The zero-order valence-corrected chi connectivity index (χ0v) is 16.6. The number of sulfonamides is 1. The largest absolute Gasteiger partial charge is 0.398 e. The summed E-state index contributed by atoms with van der Waals surface area (Å²) in [5.74, 6) is 0.813. The molecule has 1 aromatic carbocycles. The number of nitrogens with two attached hydrogens (primary N) is 1. The van der Waals surface area contributed by atoms with Gasteiger partial charge in [0.2, 0.25) is 10.0 Å². The molecule has 2 N–H and O–H groups in total. The Morgan fingerprint density at radius 1 is 1.08 bits per heavy atom. The molecule has 0 unspecified atom stereocenters. The van der Waals surface area contributed by atoms with Gasteiger partial charge in [-0.15, -0.1) is 0 Å². The Morgan fingerprint density at radius 3 is 2.24 bits per heavy atom. The van der Waals surface area contributed by atoms with Crippen molar-refractivity contribution in [3.05, 3.63) is 22.7 Å². The van der Waals surface area contributed by atoms with E-state index < -0.39 is 10.0 Å². The number of hydrogen-bond acceptors (Lipinski definition) is 4. The van der Waals surface area contributed by atoms with Crippen LogP contribution in [-0.2, 0) is 10.0 Å². The normalized spacial score (nSPS) is 22.4. The molecule has 2 aliphatic rings. The molecule has 0 spiro atoms.